The third-order valence-corrected chi connectivity index (χ3v) is 7.05. The minimum Gasteiger partial charge on any atom is -0.326 e. The van der Waals surface area contributed by atoms with Gasteiger partial charge in [0.2, 0.25) is 11.0 Å². The molecule has 0 bridgehead atoms. The number of nitrogens with one attached hydrogen (secondary N) is 2. The van der Waals surface area contributed by atoms with Crippen LogP contribution in [0.3, 0.4) is 0 Å². The molecule has 1 aromatic heterocycles. The van der Waals surface area contributed by atoms with Gasteiger partial charge in [-0.3, -0.25) is 9.52 Å². The van der Waals surface area contributed by atoms with E-state index >= 15 is 0 Å². The van der Waals surface area contributed by atoms with Crippen molar-refractivity contribution in [2.75, 3.05) is 15.8 Å². The maximum Gasteiger partial charge on any atom is 0.263 e. The first-order chi connectivity index (χ1) is 13.9. The van der Waals surface area contributed by atoms with Gasteiger partial charge in [-0.15, -0.1) is 10.2 Å². The number of benzene rings is 2. The SMILES string of the molecule is Cc1nnc(NS(=O)(=O)c2ccc(NC(=O)CCSCc3ccccc3)cc2)s1. The summed E-state index contributed by atoms with van der Waals surface area (Å²) in [4.78, 5) is 12.2. The highest BCUT2D eigenvalue weighted by molar-refractivity contribution is 7.98. The predicted octanol–water partition coefficient (Wildman–Crippen LogP) is 3.91. The lowest BCUT2D eigenvalue weighted by molar-refractivity contribution is -0.115. The second-order valence-electron chi connectivity index (χ2n) is 6.09. The number of hydrogen-bond donors (Lipinski definition) is 2. The Labute approximate surface area is 178 Å². The molecule has 29 heavy (non-hydrogen) atoms. The Balaban J connectivity index is 1.47. The van der Waals surface area contributed by atoms with E-state index in [-0.39, 0.29) is 15.9 Å². The van der Waals surface area contributed by atoms with Crippen LogP contribution in [-0.4, -0.2) is 30.3 Å². The summed E-state index contributed by atoms with van der Waals surface area (Å²) in [6.45, 7) is 1.74. The first kappa shape index (κ1) is 21.3. The van der Waals surface area contributed by atoms with E-state index < -0.39 is 10.0 Å². The summed E-state index contributed by atoms with van der Waals surface area (Å²) in [6, 6.07) is 16.1. The molecule has 3 aromatic rings. The van der Waals surface area contributed by atoms with Gasteiger partial charge in [0, 0.05) is 23.6 Å². The van der Waals surface area contributed by atoms with Crippen molar-refractivity contribution in [3.8, 4) is 0 Å². The molecule has 152 valence electrons. The van der Waals surface area contributed by atoms with Gasteiger partial charge in [-0.2, -0.15) is 11.8 Å². The second-order valence-corrected chi connectivity index (χ2v) is 10.1. The van der Waals surface area contributed by atoms with E-state index in [0.717, 1.165) is 17.1 Å². The van der Waals surface area contributed by atoms with E-state index in [2.05, 4.69) is 32.4 Å². The minimum absolute atomic E-state index is 0.0850. The highest BCUT2D eigenvalue weighted by atomic mass is 32.2. The van der Waals surface area contributed by atoms with Crippen molar-refractivity contribution in [2.24, 2.45) is 0 Å². The highest BCUT2D eigenvalue weighted by Crippen LogP contribution is 2.21. The van der Waals surface area contributed by atoms with Gasteiger partial charge in [-0.25, -0.2) is 8.42 Å². The van der Waals surface area contributed by atoms with Gasteiger partial charge < -0.3 is 5.32 Å². The lowest BCUT2D eigenvalue weighted by Gasteiger charge is -2.08. The average Bonchev–Trinajstić information content (AvgIpc) is 3.10. The van der Waals surface area contributed by atoms with Gasteiger partial charge in [0.1, 0.15) is 5.01 Å². The van der Waals surface area contributed by atoms with E-state index in [0.29, 0.717) is 22.9 Å². The summed E-state index contributed by atoms with van der Waals surface area (Å²) >= 11 is 2.85. The molecule has 0 aliphatic heterocycles. The van der Waals surface area contributed by atoms with E-state index in [9.17, 15) is 13.2 Å². The molecule has 0 radical (unpaired) electrons. The number of carbonyl (C=O) groups is 1. The molecular formula is C19H20N4O3S3. The number of amides is 1. The van der Waals surface area contributed by atoms with Gasteiger partial charge >= 0.3 is 0 Å². The molecule has 0 aliphatic carbocycles. The highest BCUT2D eigenvalue weighted by Gasteiger charge is 2.16. The Morgan fingerprint density at radius 2 is 1.79 bits per heavy atom. The molecule has 0 spiro atoms. The molecule has 0 aliphatic rings. The monoisotopic (exact) mass is 448 g/mol. The normalized spacial score (nSPS) is 11.2. The molecule has 2 N–H and O–H groups in total. The minimum atomic E-state index is -3.75. The molecule has 10 heteroatoms. The molecule has 2 aromatic carbocycles. The van der Waals surface area contributed by atoms with E-state index in [1.807, 2.05) is 18.2 Å². The molecule has 0 atom stereocenters. The van der Waals surface area contributed by atoms with E-state index in [1.165, 1.54) is 17.7 Å². The van der Waals surface area contributed by atoms with E-state index in [1.54, 1.807) is 30.8 Å². The molecule has 0 saturated heterocycles. The van der Waals surface area contributed by atoms with Crippen LogP contribution in [0.4, 0.5) is 10.8 Å². The number of sulfonamides is 1. The van der Waals surface area contributed by atoms with Gasteiger partial charge in [0.25, 0.3) is 10.0 Å². The standard InChI is InChI=1S/C19H20N4O3S3/c1-14-21-22-19(28-14)23-29(25,26)17-9-7-16(8-10-17)20-18(24)11-12-27-13-15-5-3-2-4-6-15/h2-10H,11-13H2,1H3,(H,20,24)(H,22,23). The molecule has 1 heterocycles. The topological polar surface area (TPSA) is 101 Å². The third kappa shape index (κ3) is 6.55. The summed E-state index contributed by atoms with van der Waals surface area (Å²) in [5, 5.41) is 11.2. The smallest absolute Gasteiger partial charge is 0.263 e. The second kappa shape index (κ2) is 9.86. The first-order valence-corrected chi connectivity index (χ1v) is 12.2. The van der Waals surface area contributed by atoms with Gasteiger partial charge in [0.15, 0.2) is 0 Å². The van der Waals surface area contributed by atoms with Gasteiger partial charge in [-0.1, -0.05) is 41.7 Å². The van der Waals surface area contributed by atoms with Crippen molar-refractivity contribution in [2.45, 2.75) is 24.0 Å². The number of thioether (sulfide) groups is 1. The lowest BCUT2D eigenvalue weighted by atomic mass is 10.2. The number of anilines is 2. The Bertz CT molecular complexity index is 1050. The average molecular weight is 449 g/mol. The molecule has 1 amide bonds. The molecule has 0 saturated carbocycles. The van der Waals surface area contributed by atoms with Crippen LogP contribution in [0.25, 0.3) is 0 Å². The van der Waals surface area contributed by atoms with Crippen LogP contribution in [0.15, 0.2) is 59.5 Å². The van der Waals surface area contributed by atoms with Crippen LogP contribution in [0.5, 0.6) is 0 Å². The van der Waals surface area contributed by atoms with Crippen LogP contribution < -0.4 is 10.0 Å². The number of nitrogens with zero attached hydrogens (tertiary/aromatic N) is 2. The first-order valence-electron chi connectivity index (χ1n) is 8.77. The van der Waals surface area contributed by atoms with E-state index in [4.69, 9.17) is 0 Å². The van der Waals surface area contributed by atoms with Crippen LogP contribution in [0.2, 0.25) is 0 Å². The number of aromatic nitrogens is 2. The predicted molar refractivity (Wildman–Crippen MR) is 118 cm³/mol. The maximum atomic E-state index is 12.4. The Kier molecular flexibility index (Phi) is 7.24. The van der Waals surface area contributed by atoms with Gasteiger partial charge in [-0.05, 0) is 36.8 Å². The summed E-state index contributed by atoms with van der Waals surface area (Å²) in [5.74, 6) is 1.46. The Morgan fingerprint density at radius 3 is 2.45 bits per heavy atom. The Hall–Kier alpha value is -2.43. The number of carbonyl (C=O) groups excluding carboxylic acids is 1. The number of rotatable bonds is 9. The van der Waals surface area contributed by atoms with Crippen molar-refractivity contribution in [3.63, 3.8) is 0 Å². The van der Waals surface area contributed by atoms with Crippen molar-refractivity contribution in [1.29, 1.82) is 0 Å². The largest absolute Gasteiger partial charge is 0.326 e. The zero-order valence-corrected chi connectivity index (χ0v) is 18.1. The van der Waals surface area contributed by atoms with Crippen LogP contribution in [-0.2, 0) is 20.6 Å². The van der Waals surface area contributed by atoms with Crippen LogP contribution in [0, 0.1) is 6.92 Å². The van der Waals surface area contributed by atoms with Crippen molar-refractivity contribution >= 4 is 49.8 Å². The molecular weight excluding hydrogens is 428 g/mol. The zero-order chi connectivity index (χ0) is 20.7. The summed E-state index contributed by atoms with van der Waals surface area (Å²) < 4.78 is 27.1. The van der Waals surface area contributed by atoms with Crippen LogP contribution in [0.1, 0.15) is 17.0 Å². The molecule has 3 rings (SSSR count). The Morgan fingerprint density at radius 1 is 1.07 bits per heavy atom. The summed E-state index contributed by atoms with van der Waals surface area (Å²) in [7, 11) is -3.75. The third-order valence-electron chi connectivity index (χ3n) is 3.78. The van der Waals surface area contributed by atoms with Crippen LogP contribution >= 0.6 is 23.1 Å². The lowest BCUT2D eigenvalue weighted by Crippen LogP contribution is -2.14. The van der Waals surface area contributed by atoms with Crippen molar-refractivity contribution in [1.82, 2.24) is 10.2 Å². The fraction of sp³-hybridized carbons (Fsp3) is 0.211. The fourth-order valence-electron chi connectivity index (χ4n) is 2.38. The quantitative estimate of drug-likeness (QED) is 0.481. The fourth-order valence-corrected chi connectivity index (χ4v) is 5.11. The number of aryl methyl sites for hydroxylation is 1. The zero-order valence-electron chi connectivity index (χ0n) is 15.7. The van der Waals surface area contributed by atoms with Crippen molar-refractivity contribution < 1.29 is 13.2 Å². The molecule has 7 nitrogen and oxygen atoms in total. The number of hydrogen-bond acceptors (Lipinski definition) is 7. The molecule has 0 unspecified atom stereocenters. The van der Waals surface area contributed by atoms with Crippen molar-refractivity contribution in [3.05, 3.63) is 65.2 Å². The van der Waals surface area contributed by atoms with Gasteiger partial charge in [0.05, 0.1) is 4.90 Å². The molecule has 0 fully saturated rings. The summed E-state index contributed by atoms with van der Waals surface area (Å²) in [5.41, 5.74) is 1.78. The summed E-state index contributed by atoms with van der Waals surface area (Å²) in [6.07, 6.45) is 0.384. The maximum absolute atomic E-state index is 12.4.